The van der Waals surface area contributed by atoms with E-state index in [0.717, 1.165) is 17.2 Å². The van der Waals surface area contributed by atoms with Crippen molar-refractivity contribution in [2.45, 2.75) is 13.5 Å². The molecular formula is C14H12F2N2O2. The van der Waals surface area contributed by atoms with E-state index in [9.17, 15) is 18.9 Å². The second-order valence-electron chi connectivity index (χ2n) is 4.38. The van der Waals surface area contributed by atoms with Gasteiger partial charge in [0.05, 0.1) is 10.6 Å². The Morgan fingerprint density at radius 2 is 1.80 bits per heavy atom. The van der Waals surface area contributed by atoms with Crippen LogP contribution < -0.4 is 5.32 Å². The Balaban J connectivity index is 2.18. The third-order valence-corrected chi connectivity index (χ3v) is 2.84. The molecule has 6 heteroatoms. The molecule has 0 unspecified atom stereocenters. The lowest BCUT2D eigenvalue weighted by Gasteiger charge is -2.08. The third kappa shape index (κ3) is 3.09. The van der Waals surface area contributed by atoms with Crippen LogP contribution in [0.4, 0.5) is 20.2 Å². The van der Waals surface area contributed by atoms with Crippen LogP contribution in [0.1, 0.15) is 11.1 Å². The molecule has 0 aromatic heterocycles. The van der Waals surface area contributed by atoms with Gasteiger partial charge in [0.1, 0.15) is 5.82 Å². The first-order chi connectivity index (χ1) is 9.47. The number of hydrogen-bond donors (Lipinski definition) is 1. The molecule has 0 radical (unpaired) electrons. The molecule has 0 fully saturated rings. The summed E-state index contributed by atoms with van der Waals surface area (Å²) >= 11 is 0. The van der Waals surface area contributed by atoms with Crippen molar-refractivity contribution < 1.29 is 13.7 Å². The van der Waals surface area contributed by atoms with E-state index in [1.807, 2.05) is 31.2 Å². The van der Waals surface area contributed by atoms with Crippen LogP contribution in [0, 0.1) is 28.7 Å². The maximum absolute atomic E-state index is 13.5. The molecule has 0 aliphatic heterocycles. The summed E-state index contributed by atoms with van der Waals surface area (Å²) in [5.41, 5.74) is 1.14. The highest BCUT2D eigenvalue weighted by Crippen LogP contribution is 2.25. The fraction of sp³-hybridized carbons (Fsp3) is 0.143. The summed E-state index contributed by atoms with van der Waals surface area (Å²) in [6.45, 7) is 2.24. The van der Waals surface area contributed by atoms with E-state index >= 15 is 0 Å². The van der Waals surface area contributed by atoms with E-state index < -0.39 is 22.2 Å². The molecule has 0 saturated carbocycles. The topological polar surface area (TPSA) is 55.2 Å². The zero-order valence-corrected chi connectivity index (χ0v) is 10.7. The van der Waals surface area contributed by atoms with Crippen molar-refractivity contribution in [3.63, 3.8) is 0 Å². The van der Waals surface area contributed by atoms with E-state index in [-0.39, 0.29) is 5.69 Å². The van der Waals surface area contributed by atoms with Gasteiger partial charge in [-0.15, -0.1) is 0 Å². The van der Waals surface area contributed by atoms with Crippen LogP contribution in [0.25, 0.3) is 0 Å². The summed E-state index contributed by atoms with van der Waals surface area (Å²) in [7, 11) is 0. The summed E-state index contributed by atoms with van der Waals surface area (Å²) in [5.74, 6) is -2.05. The van der Waals surface area contributed by atoms with Crippen LogP contribution >= 0.6 is 0 Å². The van der Waals surface area contributed by atoms with Crippen LogP contribution in [0.3, 0.4) is 0 Å². The fourth-order valence-electron chi connectivity index (χ4n) is 1.72. The molecule has 0 atom stereocenters. The second-order valence-corrected chi connectivity index (χ2v) is 4.38. The van der Waals surface area contributed by atoms with Crippen LogP contribution in [0.2, 0.25) is 0 Å². The zero-order valence-electron chi connectivity index (χ0n) is 10.7. The van der Waals surface area contributed by atoms with E-state index in [0.29, 0.717) is 12.6 Å². The molecule has 0 heterocycles. The van der Waals surface area contributed by atoms with Gasteiger partial charge in [-0.25, -0.2) is 4.39 Å². The van der Waals surface area contributed by atoms with Gasteiger partial charge in [-0.05, 0) is 12.5 Å². The minimum Gasteiger partial charge on any atom is -0.378 e. The molecule has 0 saturated heterocycles. The van der Waals surface area contributed by atoms with Crippen molar-refractivity contribution in [3.05, 3.63) is 69.3 Å². The number of nitrogens with zero attached hydrogens (tertiary/aromatic N) is 1. The maximum Gasteiger partial charge on any atom is 0.307 e. The van der Waals surface area contributed by atoms with Gasteiger partial charge in [0.15, 0.2) is 0 Å². The molecule has 0 bridgehead atoms. The Labute approximate surface area is 114 Å². The van der Waals surface area contributed by atoms with Crippen molar-refractivity contribution in [2.24, 2.45) is 0 Å². The Morgan fingerprint density at radius 1 is 1.15 bits per heavy atom. The number of halogens is 2. The number of benzene rings is 2. The van der Waals surface area contributed by atoms with Crippen molar-refractivity contribution in [3.8, 4) is 0 Å². The van der Waals surface area contributed by atoms with Crippen LogP contribution in [-0.4, -0.2) is 4.92 Å². The average Bonchev–Trinajstić information content (AvgIpc) is 2.39. The molecule has 0 amide bonds. The Morgan fingerprint density at radius 3 is 2.40 bits per heavy atom. The number of aryl methyl sites for hydroxylation is 1. The van der Waals surface area contributed by atoms with E-state index in [4.69, 9.17) is 0 Å². The molecule has 1 N–H and O–H groups in total. The van der Waals surface area contributed by atoms with Gasteiger partial charge in [-0.3, -0.25) is 10.1 Å². The van der Waals surface area contributed by atoms with Crippen molar-refractivity contribution in [2.75, 3.05) is 5.32 Å². The minimum atomic E-state index is -1.19. The highest BCUT2D eigenvalue weighted by Gasteiger charge is 2.18. The van der Waals surface area contributed by atoms with Gasteiger partial charge in [0, 0.05) is 18.7 Å². The Bertz CT molecular complexity index is 642. The molecule has 20 heavy (non-hydrogen) atoms. The lowest BCUT2D eigenvalue weighted by molar-refractivity contribution is -0.387. The Kier molecular flexibility index (Phi) is 3.93. The highest BCUT2D eigenvalue weighted by molar-refractivity contribution is 5.53. The standard InChI is InChI=1S/C14H12F2N2O2/c1-9-2-4-10(5-3-9)8-17-13-7-14(18(19)20)12(16)6-11(13)15/h2-7,17H,8H2,1H3. The predicted molar refractivity (Wildman–Crippen MR) is 71.5 cm³/mol. The smallest absolute Gasteiger partial charge is 0.307 e. The molecule has 4 nitrogen and oxygen atoms in total. The van der Waals surface area contributed by atoms with E-state index in [2.05, 4.69) is 5.32 Å². The Hall–Kier alpha value is -2.50. The highest BCUT2D eigenvalue weighted by atomic mass is 19.1. The van der Waals surface area contributed by atoms with Gasteiger partial charge >= 0.3 is 5.69 Å². The van der Waals surface area contributed by atoms with Crippen molar-refractivity contribution in [1.29, 1.82) is 0 Å². The summed E-state index contributed by atoms with van der Waals surface area (Å²) in [6.07, 6.45) is 0. The lowest BCUT2D eigenvalue weighted by atomic mass is 10.1. The molecule has 0 aliphatic carbocycles. The minimum absolute atomic E-state index is 0.0984. The monoisotopic (exact) mass is 278 g/mol. The first-order valence-corrected chi connectivity index (χ1v) is 5.90. The van der Waals surface area contributed by atoms with Crippen molar-refractivity contribution in [1.82, 2.24) is 0 Å². The van der Waals surface area contributed by atoms with Crippen LogP contribution in [0.5, 0.6) is 0 Å². The molecule has 2 rings (SSSR count). The number of nitro benzene ring substituents is 1. The first kappa shape index (κ1) is 13.9. The first-order valence-electron chi connectivity index (χ1n) is 5.90. The molecule has 0 aliphatic rings. The summed E-state index contributed by atoms with van der Waals surface area (Å²) < 4.78 is 26.7. The van der Waals surface area contributed by atoms with Crippen molar-refractivity contribution >= 4 is 11.4 Å². The van der Waals surface area contributed by atoms with E-state index in [1.54, 1.807) is 0 Å². The van der Waals surface area contributed by atoms with Crippen LogP contribution in [0.15, 0.2) is 36.4 Å². The van der Waals surface area contributed by atoms with E-state index in [1.165, 1.54) is 0 Å². The average molecular weight is 278 g/mol. The lowest BCUT2D eigenvalue weighted by Crippen LogP contribution is -2.03. The SMILES string of the molecule is Cc1ccc(CNc2cc([N+](=O)[O-])c(F)cc2F)cc1. The largest absolute Gasteiger partial charge is 0.378 e. The summed E-state index contributed by atoms with van der Waals surface area (Å²) in [5, 5.41) is 13.3. The predicted octanol–water partition coefficient (Wildman–Crippen LogP) is 3.79. The van der Waals surface area contributed by atoms with Gasteiger partial charge in [0.2, 0.25) is 5.82 Å². The quantitative estimate of drug-likeness (QED) is 0.683. The van der Waals surface area contributed by atoms with Gasteiger partial charge in [0.25, 0.3) is 0 Å². The number of nitrogens with one attached hydrogen (secondary N) is 1. The number of anilines is 1. The van der Waals surface area contributed by atoms with Gasteiger partial charge in [-0.1, -0.05) is 29.8 Å². The fourth-order valence-corrected chi connectivity index (χ4v) is 1.72. The molecule has 2 aromatic rings. The zero-order chi connectivity index (χ0) is 14.7. The number of nitro groups is 1. The molecule has 2 aromatic carbocycles. The molecule has 0 spiro atoms. The number of hydrogen-bond acceptors (Lipinski definition) is 3. The molecular weight excluding hydrogens is 266 g/mol. The number of rotatable bonds is 4. The maximum atomic E-state index is 13.5. The summed E-state index contributed by atoms with van der Waals surface area (Å²) in [6, 6.07) is 8.89. The second kappa shape index (κ2) is 5.64. The van der Waals surface area contributed by atoms with Gasteiger partial charge in [-0.2, -0.15) is 4.39 Å². The summed E-state index contributed by atoms with van der Waals surface area (Å²) in [4.78, 5) is 9.73. The normalized spacial score (nSPS) is 10.3. The van der Waals surface area contributed by atoms with Crippen LogP contribution in [-0.2, 0) is 6.54 Å². The third-order valence-electron chi connectivity index (χ3n) is 2.84. The molecule has 104 valence electrons. The van der Waals surface area contributed by atoms with Gasteiger partial charge < -0.3 is 5.32 Å².